The molecule has 0 radical (unpaired) electrons. The third-order valence-electron chi connectivity index (χ3n) is 3.26. The van der Waals surface area contributed by atoms with Crippen LogP contribution in [0, 0.1) is 17.0 Å². The summed E-state index contributed by atoms with van der Waals surface area (Å²) >= 11 is 7.62. The minimum absolute atomic E-state index is 0.0791. The van der Waals surface area contributed by atoms with Crippen LogP contribution in [0.1, 0.15) is 30.1 Å². The van der Waals surface area contributed by atoms with Gasteiger partial charge in [-0.25, -0.2) is 9.97 Å². The van der Waals surface area contributed by atoms with E-state index >= 15 is 0 Å². The normalized spacial score (nSPS) is 14.2. The Labute approximate surface area is 130 Å². The number of nitro groups is 1. The molecule has 0 N–H and O–H groups in total. The molecule has 1 aliphatic rings. The van der Waals surface area contributed by atoms with Gasteiger partial charge in [0, 0.05) is 28.5 Å². The van der Waals surface area contributed by atoms with E-state index in [1.807, 2.05) is 6.92 Å². The standard InChI is InChI=1S/C14H12ClN3O2S/c1-8-12(15)16-13(9-2-3-9)17-14(8)21-11-6-4-10(5-7-11)18(19)20/h4-7,9H,2-3H2,1H3. The van der Waals surface area contributed by atoms with Gasteiger partial charge in [-0.15, -0.1) is 0 Å². The van der Waals surface area contributed by atoms with E-state index < -0.39 is 4.92 Å². The largest absolute Gasteiger partial charge is 0.269 e. The van der Waals surface area contributed by atoms with Crippen molar-refractivity contribution in [2.24, 2.45) is 0 Å². The third-order valence-corrected chi connectivity index (χ3v) is 4.73. The van der Waals surface area contributed by atoms with Crippen molar-refractivity contribution >= 4 is 29.1 Å². The van der Waals surface area contributed by atoms with Crippen LogP contribution in [0.2, 0.25) is 5.15 Å². The fraction of sp³-hybridized carbons (Fsp3) is 0.286. The number of benzene rings is 1. The summed E-state index contributed by atoms with van der Waals surface area (Å²) in [4.78, 5) is 20.0. The third kappa shape index (κ3) is 3.16. The molecule has 1 aliphatic carbocycles. The summed E-state index contributed by atoms with van der Waals surface area (Å²) in [6, 6.07) is 6.41. The van der Waals surface area contributed by atoms with Crippen molar-refractivity contribution in [3.8, 4) is 0 Å². The molecule has 0 bridgehead atoms. The highest BCUT2D eigenvalue weighted by Crippen LogP contribution is 2.40. The molecule has 0 aliphatic heterocycles. The lowest BCUT2D eigenvalue weighted by Gasteiger charge is -2.08. The van der Waals surface area contributed by atoms with Crippen molar-refractivity contribution in [2.75, 3.05) is 0 Å². The molecule has 0 atom stereocenters. The van der Waals surface area contributed by atoms with Gasteiger partial charge >= 0.3 is 0 Å². The molecule has 0 spiro atoms. The van der Waals surface area contributed by atoms with Gasteiger partial charge in [-0.1, -0.05) is 23.4 Å². The van der Waals surface area contributed by atoms with E-state index in [9.17, 15) is 10.1 Å². The second-order valence-corrected chi connectivity index (χ2v) is 6.35. The van der Waals surface area contributed by atoms with Crippen LogP contribution in [0.4, 0.5) is 5.69 Å². The van der Waals surface area contributed by atoms with E-state index in [1.165, 1.54) is 23.9 Å². The van der Waals surface area contributed by atoms with Gasteiger partial charge in [0.05, 0.1) is 4.92 Å². The highest BCUT2D eigenvalue weighted by atomic mass is 35.5. The number of hydrogen-bond donors (Lipinski definition) is 0. The maximum atomic E-state index is 10.7. The number of halogens is 1. The summed E-state index contributed by atoms with van der Waals surface area (Å²) < 4.78 is 0. The Kier molecular flexibility index (Phi) is 3.82. The number of nitrogens with zero attached hydrogens (tertiary/aromatic N) is 3. The average molecular weight is 322 g/mol. The van der Waals surface area contributed by atoms with Gasteiger partial charge in [0.25, 0.3) is 5.69 Å². The Balaban J connectivity index is 1.88. The monoisotopic (exact) mass is 321 g/mol. The first-order valence-corrected chi connectivity index (χ1v) is 7.70. The van der Waals surface area contributed by atoms with Gasteiger partial charge in [0.1, 0.15) is 16.0 Å². The predicted octanol–water partition coefficient (Wildman–Crippen LogP) is 4.38. The summed E-state index contributed by atoms with van der Waals surface area (Å²) in [6.45, 7) is 1.88. The van der Waals surface area contributed by atoms with E-state index in [4.69, 9.17) is 11.6 Å². The molecular weight excluding hydrogens is 310 g/mol. The van der Waals surface area contributed by atoms with Gasteiger partial charge in [-0.3, -0.25) is 10.1 Å². The topological polar surface area (TPSA) is 68.9 Å². The first kappa shape index (κ1) is 14.3. The summed E-state index contributed by atoms with van der Waals surface area (Å²) in [5.41, 5.74) is 0.917. The zero-order valence-electron chi connectivity index (χ0n) is 11.2. The highest BCUT2D eigenvalue weighted by Gasteiger charge is 2.28. The van der Waals surface area contributed by atoms with Gasteiger partial charge in [-0.05, 0) is 31.9 Å². The number of rotatable bonds is 4. The number of aromatic nitrogens is 2. The van der Waals surface area contributed by atoms with Gasteiger partial charge < -0.3 is 0 Å². The quantitative estimate of drug-likeness (QED) is 0.475. The Morgan fingerprint density at radius 1 is 1.29 bits per heavy atom. The Bertz CT molecular complexity index is 702. The predicted molar refractivity (Wildman–Crippen MR) is 81.0 cm³/mol. The van der Waals surface area contributed by atoms with Crippen LogP contribution >= 0.6 is 23.4 Å². The summed E-state index contributed by atoms with van der Waals surface area (Å²) in [7, 11) is 0. The lowest BCUT2D eigenvalue weighted by molar-refractivity contribution is -0.384. The second-order valence-electron chi connectivity index (χ2n) is 4.93. The molecule has 1 fully saturated rings. The molecule has 1 heterocycles. The number of hydrogen-bond acceptors (Lipinski definition) is 5. The first-order valence-electron chi connectivity index (χ1n) is 6.51. The van der Waals surface area contributed by atoms with Crippen molar-refractivity contribution in [1.82, 2.24) is 9.97 Å². The molecule has 108 valence electrons. The van der Waals surface area contributed by atoms with Crippen LogP contribution in [0.15, 0.2) is 34.2 Å². The molecule has 1 aromatic carbocycles. The van der Waals surface area contributed by atoms with Gasteiger partial charge in [-0.2, -0.15) is 0 Å². The van der Waals surface area contributed by atoms with Crippen LogP contribution in [0.3, 0.4) is 0 Å². The fourth-order valence-electron chi connectivity index (χ4n) is 1.86. The first-order chi connectivity index (χ1) is 10.0. The number of nitro benzene ring substituents is 1. The van der Waals surface area contributed by atoms with Gasteiger partial charge in [0.15, 0.2) is 0 Å². The van der Waals surface area contributed by atoms with E-state index in [0.29, 0.717) is 11.1 Å². The molecule has 3 rings (SSSR count). The molecule has 21 heavy (non-hydrogen) atoms. The van der Waals surface area contributed by atoms with Crippen molar-refractivity contribution in [3.63, 3.8) is 0 Å². The molecule has 5 nitrogen and oxygen atoms in total. The van der Waals surface area contributed by atoms with Gasteiger partial charge in [0.2, 0.25) is 0 Å². The molecule has 0 amide bonds. The van der Waals surface area contributed by atoms with E-state index in [2.05, 4.69) is 9.97 Å². The smallest absolute Gasteiger partial charge is 0.258 e. The van der Waals surface area contributed by atoms with Crippen molar-refractivity contribution in [3.05, 3.63) is 50.9 Å². The number of non-ortho nitro benzene ring substituents is 1. The Morgan fingerprint density at radius 2 is 1.95 bits per heavy atom. The molecule has 0 saturated heterocycles. The summed E-state index contributed by atoms with van der Waals surface area (Å²) in [5, 5.41) is 12.0. The van der Waals surface area contributed by atoms with Crippen LogP contribution in [-0.2, 0) is 0 Å². The van der Waals surface area contributed by atoms with E-state index in [0.717, 1.165) is 34.2 Å². The molecule has 1 saturated carbocycles. The van der Waals surface area contributed by atoms with Crippen molar-refractivity contribution < 1.29 is 4.92 Å². The average Bonchev–Trinajstić information content (AvgIpc) is 3.29. The van der Waals surface area contributed by atoms with Crippen LogP contribution in [0.25, 0.3) is 0 Å². The molecule has 1 aromatic heterocycles. The maximum absolute atomic E-state index is 10.7. The minimum Gasteiger partial charge on any atom is -0.258 e. The van der Waals surface area contributed by atoms with E-state index in [1.54, 1.807) is 12.1 Å². The molecule has 7 heteroatoms. The van der Waals surface area contributed by atoms with E-state index in [-0.39, 0.29) is 5.69 Å². The molecule has 2 aromatic rings. The van der Waals surface area contributed by atoms with Crippen LogP contribution in [-0.4, -0.2) is 14.9 Å². The Morgan fingerprint density at radius 3 is 2.52 bits per heavy atom. The minimum atomic E-state index is -0.410. The van der Waals surface area contributed by atoms with Crippen molar-refractivity contribution in [1.29, 1.82) is 0 Å². The molecular formula is C14H12ClN3O2S. The second kappa shape index (κ2) is 5.61. The SMILES string of the molecule is Cc1c(Cl)nc(C2CC2)nc1Sc1ccc([N+](=O)[O-])cc1. The summed E-state index contributed by atoms with van der Waals surface area (Å²) in [5.74, 6) is 1.23. The van der Waals surface area contributed by atoms with Crippen molar-refractivity contribution in [2.45, 2.75) is 35.6 Å². The maximum Gasteiger partial charge on any atom is 0.269 e. The molecule has 0 unspecified atom stereocenters. The lowest BCUT2D eigenvalue weighted by atomic mass is 10.3. The lowest BCUT2D eigenvalue weighted by Crippen LogP contribution is -1.98. The summed E-state index contributed by atoms with van der Waals surface area (Å²) in [6.07, 6.45) is 2.22. The zero-order valence-corrected chi connectivity index (χ0v) is 12.8. The van der Waals surface area contributed by atoms with Crippen LogP contribution < -0.4 is 0 Å². The fourth-order valence-corrected chi connectivity index (χ4v) is 2.97. The highest BCUT2D eigenvalue weighted by molar-refractivity contribution is 7.99. The Hall–Kier alpha value is -1.66. The van der Waals surface area contributed by atoms with Crippen LogP contribution in [0.5, 0.6) is 0 Å². The zero-order chi connectivity index (χ0) is 15.0.